The zero-order valence-corrected chi connectivity index (χ0v) is 28.5. The topological polar surface area (TPSA) is 101 Å². The number of fused-ring (bicyclic) bond motifs is 1. The number of carbonyl (C=O) groups excluding carboxylic acids is 2. The molecule has 0 spiro atoms. The molecule has 3 saturated carbocycles. The fourth-order valence-electron chi connectivity index (χ4n) is 7.85. The summed E-state index contributed by atoms with van der Waals surface area (Å²) in [6.45, 7) is 1.39. The van der Waals surface area contributed by atoms with E-state index in [1.54, 1.807) is 11.3 Å². The van der Waals surface area contributed by atoms with Crippen LogP contribution in [0.5, 0.6) is 0 Å². The number of nitrogens with zero attached hydrogens (tertiary/aromatic N) is 5. The SMILES string of the molecule is Cn1ccc2nc(C3CCC(CN(C(=O)C4CCC(OC(=O)N5CC(O)C5)CC4)c4cccc(-c5cnc(C6CC6)s5)c4)CC3)ccc21. The number of ether oxygens (including phenoxy) is 1. The Morgan fingerprint density at radius 3 is 2.48 bits per heavy atom. The van der Waals surface area contributed by atoms with E-state index in [-0.39, 0.29) is 24.0 Å². The van der Waals surface area contributed by atoms with Gasteiger partial charge in [0, 0.05) is 55.1 Å². The maximum absolute atomic E-state index is 14.4. The van der Waals surface area contributed by atoms with Crippen LogP contribution in [0, 0.1) is 11.8 Å². The minimum Gasteiger partial charge on any atom is -0.446 e. The Kier molecular flexibility index (Phi) is 8.71. The van der Waals surface area contributed by atoms with Crippen molar-refractivity contribution in [2.75, 3.05) is 24.5 Å². The van der Waals surface area contributed by atoms with Crippen molar-refractivity contribution in [2.45, 2.75) is 88.3 Å². The van der Waals surface area contributed by atoms with E-state index < -0.39 is 6.10 Å². The summed E-state index contributed by atoms with van der Waals surface area (Å²) in [5, 5.41) is 10.8. The number of amides is 2. The van der Waals surface area contributed by atoms with Gasteiger partial charge >= 0.3 is 6.09 Å². The minimum atomic E-state index is -0.447. The van der Waals surface area contributed by atoms with E-state index in [0.717, 1.165) is 52.8 Å². The summed E-state index contributed by atoms with van der Waals surface area (Å²) in [5.74, 6) is 1.57. The molecule has 0 radical (unpaired) electrons. The molecule has 3 aromatic heterocycles. The smallest absolute Gasteiger partial charge is 0.410 e. The lowest BCUT2D eigenvalue weighted by molar-refractivity contribution is -0.124. The Labute approximate surface area is 285 Å². The Morgan fingerprint density at radius 1 is 0.958 bits per heavy atom. The highest BCUT2D eigenvalue weighted by atomic mass is 32.1. The van der Waals surface area contributed by atoms with Gasteiger partial charge in [-0.3, -0.25) is 9.78 Å². The zero-order valence-electron chi connectivity index (χ0n) is 27.7. The molecule has 1 saturated heterocycles. The number of pyridine rings is 1. The lowest BCUT2D eigenvalue weighted by Crippen LogP contribution is -2.54. The summed E-state index contributed by atoms with van der Waals surface area (Å²) in [4.78, 5) is 41.4. The van der Waals surface area contributed by atoms with E-state index in [0.29, 0.717) is 63.1 Å². The molecule has 4 fully saturated rings. The summed E-state index contributed by atoms with van der Waals surface area (Å²) in [7, 11) is 2.06. The van der Waals surface area contributed by atoms with Crippen LogP contribution in [0.15, 0.2) is 54.9 Å². The van der Waals surface area contributed by atoms with Crippen LogP contribution >= 0.6 is 11.3 Å². The number of rotatable bonds is 8. The lowest BCUT2D eigenvalue weighted by atomic mass is 9.79. The first-order valence-electron chi connectivity index (χ1n) is 17.8. The van der Waals surface area contributed by atoms with Crippen molar-refractivity contribution in [3.8, 4) is 10.4 Å². The number of carbonyl (C=O) groups is 2. The largest absolute Gasteiger partial charge is 0.446 e. The summed E-state index contributed by atoms with van der Waals surface area (Å²) >= 11 is 1.78. The van der Waals surface area contributed by atoms with Crippen molar-refractivity contribution in [1.82, 2.24) is 19.4 Å². The molecule has 1 aliphatic heterocycles. The number of hydrogen-bond donors (Lipinski definition) is 1. The molecule has 1 N–H and O–H groups in total. The third kappa shape index (κ3) is 6.61. The van der Waals surface area contributed by atoms with Gasteiger partial charge in [-0.25, -0.2) is 9.78 Å². The first-order chi connectivity index (χ1) is 23.4. The average Bonchev–Trinajstić information content (AvgIpc) is 3.71. The van der Waals surface area contributed by atoms with Crippen LogP contribution in [0.4, 0.5) is 10.5 Å². The van der Waals surface area contributed by atoms with Crippen molar-refractivity contribution in [1.29, 1.82) is 0 Å². The summed E-state index contributed by atoms with van der Waals surface area (Å²) in [5.41, 5.74) is 5.48. The Balaban J connectivity index is 0.962. The van der Waals surface area contributed by atoms with Crippen molar-refractivity contribution >= 4 is 40.1 Å². The van der Waals surface area contributed by atoms with Gasteiger partial charge in [-0.05, 0) is 106 Å². The van der Waals surface area contributed by atoms with E-state index in [9.17, 15) is 14.7 Å². The zero-order chi connectivity index (χ0) is 32.8. The van der Waals surface area contributed by atoms with Gasteiger partial charge < -0.3 is 24.2 Å². The van der Waals surface area contributed by atoms with Crippen molar-refractivity contribution < 1.29 is 19.4 Å². The van der Waals surface area contributed by atoms with Crippen LogP contribution in [0.1, 0.15) is 86.7 Å². The molecular formula is C38H45N5O4S. The number of aliphatic hydroxyl groups excluding tert-OH is 1. The molecule has 10 heteroatoms. The number of β-amino-alcohol motifs (C(OH)–C–C–N with tert-alkyl or cyclic N) is 1. The maximum atomic E-state index is 14.4. The first kappa shape index (κ1) is 31.5. The fourth-order valence-corrected chi connectivity index (χ4v) is 8.94. The predicted octanol–water partition coefficient (Wildman–Crippen LogP) is 7.25. The van der Waals surface area contributed by atoms with Crippen LogP contribution in [0.25, 0.3) is 21.5 Å². The molecule has 48 heavy (non-hydrogen) atoms. The summed E-state index contributed by atoms with van der Waals surface area (Å²) < 4.78 is 7.85. The predicted molar refractivity (Wildman–Crippen MR) is 187 cm³/mol. The van der Waals surface area contributed by atoms with Crippen LogP contribution in [0.2, 0.25) is 0 Å². The molecule has 252 valence electrons. The number of benzene rings is 1. The Hall–Kier alpha value is -3.76. The summed E-state index contributed by atoms with van der Waals surface area (Å²) in [6.07, 6.45) is 12.6. The number of aryl methyl sites for hydroxylation is 1. The van der Waals surface area contributed by atoms with Gasteiger partial charge in [0.1, 0.15) is 6.10 Å². The van der Waals surface area contributed by atoms with Gasteiger partial charge in [0.25, 0.3) is 0 Å². The first-order valence-corrected chi connectivity index (χ1v) is 18.6. The van der Waals surface area contributed by atoms with Gasteiger partial charge in [0.15, 0.2) is 0 Å². The highest BCUT2D eigenvalue weighted by molar-refractivity contribution is 7.15. The molecule has 8 rings (SSSR count). The number of anilines is 1. The van der Waals surface area contributed by atoms with E-state index in [1.807, 2.05) is 6.20 Å². The second kappa shape index (κ2) is 13.3. The quantitative estimate of drug-likeness (QED) is 0.213. The lowest BCUT2D eigenvalue weighted by Gasteiger charge is -2.38. The summed E-state index contributed by atoms with van der Waals surface area (Å²) in [6, 6.07) is 15.0. The standard InChI is InChI=1S/C38H45N5O4S/c1-41-18-17-33-34(41)16-15-32(40-33)25-7-5-24(6-8-25)21-43(29-4-2-3-28(19-29)35-20-39-36(48-35)26-9-10-26)37(45)27-11-13-31(14-12-27)47-38(46)42-22-30(44)23-42/h2-4,15-20,24-27,30-31,44H,5-14,21-23H2,1H3. The molecule has 2 amide bonds. The Morgan fingerprint density at radius 2 is 1.73 bits per heavy atom. The normalized spacial score (nSPS) is 24.8. The van der Waals surface area contributed by atoms with Crippen LogP contribution < -0.4 is 4.90 Å². The van der Waals surface area contributed by atoms with Crippen molar-refractivity contribution in [3.05, 3.63) is 65.6 Å². The van der Waals surface area contributed by atoms with E-state index in [1.165, 1.54) is 28.4 Å². The monoisotopic (exact) mass is 667 g/mol. The number of thiazole rings is 1. The molecule has 9 nitrogen and oxygen atoms in total. The number of hydrogen-bond acceptors (Lipinski definition) is 7. The van der Waals surface area contributed by atoms with Crippen LogP contribution in [-0.4, -0.2) is 68.4 Å². The van der Waals surface area contributed by atoms with Gasteiger partial charge in [0.05, 0.1) is 40.1 Å². The van der Waals surface area contributed by atoms with Gasteiger partial charge in [-0.2, -0.15) is 0 Å². The minimum absolute atomic E-state index is 0.0996. The molecule has 3 aliphatic carbocycles. The van der Waals surface area contributed by atoms with Crippen LogP contribution in [-0.2, 0) is 16.6 Å². The van der Waals surface area contributed by atoms with E-state index in [4.69, 9.17) is 14.7 Å². The molecule has 1 aromatic carbocycles. The number of aliphatic hydroxyl groups is 1. The van der Waals surface area contributed by atoms with Crippen molar-refractivity contribution in [3.63, 3.8) is 0 Å². The molecular weight excluding hydrogens is 623 g/mol. The molecule has 4 aliphatic rings. The molecule has 4 aromatic rings. The molecule has 0 atom stereocenters. The number of likely N-dealkylation sites (tertiary alicyclic amines) is 1. The fraction of sp³-hybridized carbons (Fsp3) is 0.526. The van der Waals surface area contributed by atoms with Crippen molar-refractivity contribution in [2.24, 2.45) is 18.9 Å². The highest BCUT2D eigenvalue weighted by Gasteiger charge is 2.36. The van der Waals surface area contributed by atoms with Gasteiger partial charge in [-0.1, -0.05) is 12.1 Å². The van der Waals surface area contributed by atoms with Gasteiger partial charge in [-0.15, -0.1) is 11.3 Å². The third-order valence-electron chi connectivity index (χ3n) is 11.0. The molecule has 0 bridgehead atoms. The van der Waals surface area contributed by atoms with E-state index in [2.05, 4.69) is 65.2 Å². The van der Waals surface area contributed by atoms with Crippen LogP contribution in [0.3, 0.4) is 0 Å². The second-order valence-corrected chi connectivity index (χ2v) is 15.6. The third-order valence-corrected chi connectivity index (χ3v) is 12.2. The average molecular weight is 668 g/mol. The maximum Gasteiger partial charge on any atom is 0.410 e. The molecule has 0 unspecified atom stereocenters. The molecule has 4 heterocycles. The Bertz CT molecular complexity index is 1780. The highest BCUT2D eigenvalue weighted by Crippen LogP contribution is 2.44. The van der Waals surface area contributed by atoms with Gasteiger partial charge in [0.2, 0.25) is 5.91 Å². The second-order valence-electron chi connectivity index (χ2n) is 14.5. The van der Waals surface area contributed by atoms with E-state index >= 15 is 0 Å². The number of aromatic nitrogens is 3.